The van der Waals surface area contributed by atoms with Crippen LogP contribution in [0.15, 0.2) is 60.7 Å². The van der Waals surface area contributed by atoms with E-state index >= 15 is 8.78 Å². The molecular weight excluding hydrogens is 723 g/mol. The van der Waals surface area contributed by atoms with Crippen LogP contribution in [0.4, 0.5) is 19.5 Å². The number of aromatic carboxylic acids is 1. The van der Waals surface area contributed by atoms with Crippen LogP contribution in [0.5, 0.6) is 0 Å². The lowest BCUT2D eigenvalue weighted by molar-refractivity contribution is -0.117. The first kappa shape index (κ1) is 39.9. The summed E-state index contributed by atoms with van der Waals surface area (Å²) in [5.41, 5.74) is 3.24. The van der Waals surface area contributed by atoms with Gasteiger partial charge in [-0.25, -0.2) is 13.6 Å². The molecule has 12 heteroatoms. The number of nitrogens with one attached hydrogen (secondary N) is 2. The Labute approximate surface area is 324 Å². The average Bonchev–Trinajstić information content (AvgIpc) is 3.50. The molecular formula is C43H48F2N4O5S. The monoisotopic (exact) mass is 770 g/mol. The van der Waals surface area contributed by atoms with Gasteiger partial charge in [-0.05, 0) is 125 Å². The second kappa shape index (κ2) is 17.3. The molecule has 0 saturated carbocycles. The molecule has 3 aromatic carbocycles. The number of benzene rings is 3. The average molecular weight is 771 g/mol. The fraction of sp³-hybridized carbons (Fsp3) is 0.395. The van der Waals surface area contributed by atoms with Crippen molar-refractivity contribution >= 4 is 45.6 Å². The molecule has 2 amide bonds. The number of halogens is 2. The van der Waals surface area contributed by atoms with Gasteiger partial charge in [0.2, 0.25) is 0 Å². The lowest BCUT2D eigenvalue weighted by atomic mass is 9.95. The molecule has 1 fully saturated rings. The zero-order valence-electron chi connectivity index (χ0n) is 31.6. The molecule has 1 aliphatic heterocycles. The molecule has 1 saturated heterocycles. The van der Waals surface area contributed by atoms with Crippen molar-refractivity contribution in [3.05, 3.63) is 116 Å². The van der Waals surface area contributed by atoms with Crippen LogP contribution in [0, 0.1) is 11.6 Å². The van der Waals surface area contributed by atoms with Crippen molar-refractivity contribution in [2.75, 3.05) is 36.8 Å². The third-order valence-corrected chi connectivity index (χ3v) is 11.8. The fourth-order valence-corrected chi connectivity index (χ4v) is 8.90. The number of carbonyl (C=O) groups is 4. The van der Waals surface area contributed by atoms with Crippen LogP contribution in [-0.2, 0) is 37.0 Å². The summed E-state index contributed by atoms with van der Waals surface area (Å²) < 4.78 is 30.5. The van der Waals surface area contributed by atoms with Crippen molar-refractivity contribution in [3.63, 3.8) is 0 Å². The predicted molar refractivity (Wildman–Crippen MR) is 211 cm³/mol. The number of hydrogen-bond acceptors (Lipinski definition) is 7. The van der Waals surface area contributed by atoms with Crippen LogP contribution in [-0.4, -0.2) is 70.2 Å². The highest BCUT2D eigenvalue weighted by molar-refractivity contribution is 7.17. The minimum Gasteiger partial charge on any atom is -0.478 e. The highest BCUT2D eigenvalue weighted by Crippen LogP contribution is 2.39. The number of nitrogens with zero attached hydrogens (tertiary/aromatic N) is 2. The molecule has 1 aliphatic carbocycles. The Morgan fingerprint density at radius 1 is 0.855 bits per heavy atom. The van der Waals surface area contributed by atoms with Crippen LogP contribution >= 0.6 is 11.3 Å². The smallest absolute Gasteiger partial charge is 0.335 e. The summed E-state index contributed by atoms with van der Waals surface area (Å²) in [5.74, 6) is -3.32. The molecule has 2 aliphatic rings. The van der Waals surface area contributed by atoms with Gasteiger partial charge in [0, 0.05) is 59.8 Å². The maximum atomic E-state index is 15.3. The van der Waals surface area contributed by atoms with Crippen molar-refractivity contribution in [1.82, 2.24) is 9.80 Å². The first-order valence-corrected chi connectivity index (χ1v) is 19.7. The Bertz CT molecular complexity index is 2060. The predicted octanol–water partition coefficient (Wildman–Crippen LogP) is 8.16. The number of anilines is 2. The summed E-state index contributed by atoms with van der Waals surface area (Å²) in [4.78, 5) is 56.0. The van der Waals surface area contributed by atoms with E-state index in [-0.39, 0.29) is 40.5 Å². The number of carboxylic acids is 1. The Hall–Kier alpha value is -4.78. The molecule has 9 nitrogen and oxygen atoms in total. The number of hydrogen-bond donors (Lipinski definition) is 3. The van der Waals surface area contributed by atoms with Gasteiger partial charge in [-0.2, -0.15) is 0 Å². The van der Waals surface area contributed by atoms with Gasteiger partial charge in [-0.15, -0.1) is 11.3 Å². The van der Waals surface area contributed by atoms with Crippen LogP contribution in [0.25, 0.3) is 0 Å². The van der Waals surface area contributed by atoms with Gasteiger partial charge in [0.15, 0.2) is 0 Å². The zero-order valence-corrected chi connectivity index (χ0v) is 32.4. The van der Waals surface area contributed by atoms with Crippen molar-refractivity contribution in [1.29, 1.82) is 0 Å². The van der Waals surface area contributed by atoms with E-state index in [0.29, 0.717) is 41.9 Å². The summed E-state index contributed by atoms with van der Waals surface area (Å²) in [6.07, 6.45) is 5.10. The van der Waals surface area contributed by atoms with Gasteiger partial charge in [0.05, 0.1) is 11.1 Å². The molecule has 4 aromatic rings. The summed E-state index contributed by atoms with van der Waals surface area (Å²) in [6, 6.07) is 15.9. The molecule has 0 atom stereocenters. The minimum absolute atomic E-state index is 0.0323. The molecule has 55 heavy (non-hydrogen) atoms. The van der Waals surface area contributed by atoms with E-state index in [4.69, 9.17) is 5.11 Å². The quantitative estimate of drug-likeness (QED) is 0.118. The maximum Gasteiger partial charge on any atom is 0.335 e. The Morgan fingerprint density at radius 2 is 1.58 bits per heavy atom. The highest BCUT2D eigenvalue weighted by Gasteiger charge is 2.33. The molecule has 1 aromatic heterocycles. The van der Waals surface area contributed by atoms with E-state index in [1.165, 1.54) is 23.5 Å². The Balaban J connectivity index is 1.13. The maximum absolute atomic E-state index is 15.3. The van der Waals surface area contributed by atoms with E-state index in [0.717, 1.165) is 85.6 Å². The lowest BCUT2D eigenvalue weighted by Gasteiger charge is -2.47. The number of thiophene rings is 1. The van der Waals surface area contributed by atoms with E-state index < -0.39 is 23.5 Å². The lowest BCUT2D eigenvalue weighted by Crippen LogP contribution is -2.58. The van der Waals surface area contributed by atoms with E-state index in [1.54, 1.807) is 25.1 Å². The number of Topliss-reactive ketones (excluding diaryl/α,β-unsaturated/α-hetero) is 1. The zero-order chi connectivity index (χ0) is 39.3. The van der Waals surface area contributed by atoms with Gasteiger partial charge in [0.1, 0.15) is 22.4 Å². The summed E-state index contributed by atoms with van der Waals surface area (Å²) in [5, 5.41) is 15.2. The van der Waals surface area contributed by atoms with Crippen molar-refractivity contribution < 1.29 is 33.1 Å². The van der Waals surface area contributed by atoms with Crippen molar-refractivity contribution in [2.24, 2.45) is 0 Å². The fourth-order valence-electron chi connectivity index (χ4n) is 7.62. The van der Waals surface area contributed by atoms with Gasteiger partial charge in [-0.3, -0.25) is 14.5 Å². The second-order valence-corrected chi connectivity index (χ2v) is 16.4. The summed E-state index contributed by atoms with van der Waals surface area (Å²) in [6.45, 7) is 10.3. The van der Waals surface area contributed by atoms with Crippen LogP contribution in [0.2, 0.25) is 0 Å². The number of fused-ring (bicyclic) bond motifs is 1. The van der Waals surface area contributed by atoms with Crippen LogP contribution in [0.3, 0.4) is 0 Å². The molecule has 6 rings (SSSR count). The second-order valence-electron chi connectivity index (χ2n) is 15.3. The molecule has 0 unspecified atom stereocenters. The first-order valence-electron chi connectivity index (χ1n) is 18.9. The Kier molecular flexibility index (Phi) is 12.6. The number of ketones is 1. The normalized spacial score (nSPS) is 15.7. The summed E-state index contributed by atoms with van der Waals surface area (Å²) >= 11 is 1.37. The number of amides is 2. The van der Waals surface area contributed by atoms with Crippen LogP contribution < -0.4 is 10.6 Å². The van der Waals surface area contributed by atoms with Gasteiger partial charge >= 0.3 is 5.97 Å². The van der Waals surface area contributed by atoms with E-state index in [2.05, 4.69) is 34.3 Å². The van der Waals surface area contributed by atoms with Gasteiger partial charge in [-0.1, -0.05) is 24.3 Å². The SMILES string of the molecule is CC(=O)CCCN1CCN(Cc2cccc(C(=O)Nc3sc4c(c3C(=O)Nc3cc(F)c(CCc5ccc(C(=O)O)cc5)c(F)c3)CCCC4)c2)C(C)(C)C1. The third kappa shape index (κ3) is 9.91. The third-order valence-electron chi connectivity index (χ3n) is 10.6. The highest BCUT2D eigenvalue weighted by atomic mass is 32.1. The van der Waals surface area contributed by atoms with Gasteiger partial charge in [0.25, 0.3) is 11.8 Å². The minimum atomic E-state index is -1.05. The molecule has 0 bridgehead atoms. The molecule has 290 valence electrons. The molecule has 2 heterocycles. The van der Waals surface area contributed by atoms with Gasteiger partial charge < -0.3 is 25.4 Å². The van der Waals surface area contributed by atoms with E-state index in [1.807, 2.05) is 18.2 Å². The number of carbonyl (C=O) groups excluding carboxylic acids is 3. The molecule has 0 radical (unpaired) electrons. The topological polar surface area (TPSA) is 119 Å². The summed E-state index contributed by atoms with van der Waals surface area (Å²) in [7, 11) is 0. The van der Waals surface area contributed by atoms with Crippen molar-refractivity contribution in [3.8, 4) is 0 Å². The molecule has 0 spiro atoms. The number of piperazine rings is 1. The largest absolute Gasteiger partial charge is 0.478 e. The van der Waals surface area contributed by atoms with Crippen molar-refractivity contribution in [2.45, 2.75) is 84.2 Å². The number of aryl methyl sites for hydroxylation is 2. The number of carboxylic acid groups (broad SMARTS) is 1. The molecule has 3 N–H and O–H groups in total. The first-order chi connectivity index (χ1) is 26.3. The Morgan fingerprint density at radius 3 is 2.27 bits per heavy atom. The van der Waals surface area contributed by atoms with E-state index in [9.17, 15) is 19.2 Å². The standard InChI is InChI=1S/C43H48F2N4O5S/c1-27(50)8-7-19-48-20-21-49(43(2,3)26-48)25-29-9-6-10-31(22-29)39(51)47-41-38(34-11-4-5-12-37(34)55-41)40(52)46-32-23-35(44)33(36(45)24-32)18-15-28-13-16-30(17-14-28)42(53)54/h6,9-10,13-14,16-17,22-24H,4-5,7-8,11-12,15,18-21,25-26H2,1-3H3,(H,46,52)(H,47,51)(H,53,54). The number of rotatable bonds is 14. The van der Waals surface area contributed by atoms with Crippen LogP contribution in [0.1, 0.15) is 105 Å².